The minimum atomic E-state index is -0.243. The summed E-state index contributed by atoms with van der Waals surface area (Å²) in [6, 6.07) is 13.9. The van der Waals surface area contributed by atoms with Crippen LogP contribution >= 0.6 is 15.9 Å². The van der Waals surface area contributed by atoms with Gasteiger partial charge >= 0.3 is 0 Å². The molecule has 0 aliphatic carbocycles. The molecular weight excluding hydrogens is 321 g/mol. The molecule has 20 heavy (non-hydrogen) atoms. The molecule has 0 aliphatic rings. The van der Waals surface area contributed by atoms with Crippen LogP contribution in [0.2, 0.25) is 0 Å². The zero-order chi connectivity index (χ0) is 14.5. The fraction of sp³-hybridized carbons (Fsp3) is 0.188. The number of Topliss-reactive ketones (excluding diaryl/α,β-unsaturated/α-hetero) is 1. The van der Waals surface area contributed by atoms with Gasteiger partial charge in [-0.05, 0) is 19.2 Å². The van der Waals surface area contributed by atoms with Crippen LogP contribution < -0.4 is 0 Å². The van der Waals surface area contributed by atoms with Crippen LogP contribution in [0.25, 0.3) is 0 Å². The molecule has 0 amide bonds. The third-order valence-electron chi connectivity index (χ3n) is 2.99. The molecule has 0 radical (unpaired) electrons. The van der Waals surface area contributed by atoms with Gasteiger partial charge in [-0.3, -0.25) is 9.69 Å². The van der Waals surface area contributed by atoms with Gasteiger partial charge in [0.05, 0.1) is 6.54 Å². The topological polar surface area (TPSA) is 20.3 Å². The smallest absolute Gasteiger partial charge is 0.177 e. The summed E-state index contributed by atoms with van der Waals surface area (Å²) in [6.07, 6.45) is 0. The Labute approximate surface area is 126 Å². The van der Waals surface area contributed by atoms with Crippen molar-refractivity contribution in [2.24, 2.45) is 0 Å². The highest BCUT2D eigenvalue weighted by molar-refractivity contribution is 9.10. The van der Waals surface area contributed by atoms with Gasteiger partial charge in [0.1, 0.15) is 5.82 Å². The first-order chi connectivity index (χ1) is 9.58. The maximum Gasteiger partial charge on any atom is 0.177 e. The summed E-state index contributed by atoms with van der Waals surface area (Å²) in [5.74, 6) is -0.232. The Morgan fingerprint density at radius 3 is 2.50 bits per heavy atom. The molecule has 0 N–H and O–H groups in total. The largest absolute Gasteiger partial charge is 0.294 e. The van der Waals surface area contributed by atoms with Gasteiger partial charge in [-0.15, -0.1) is 0 Å². The van der Waals surface area contributed by atoms with E-state index in [4.69, 9.17) is 0 Å². The first kappa shape index (κ1) is 14.9. The van der Waals surface area contributed by atoms with Crippen molar-refractivity contribution in [2.75, 3.05) is 13.6 Å². The Morgan fingerprint density at radius 2 is 1.80 bits per heavy atom. The predicted octanol–water partition coefficient (Wildman–Crippen LogP) is 3.90. The quantitative estimate of drug-likeness (QED) is 0.772. The maximum atomic E-state index is 13.6. The molecule has 0 atom stereocenters. The van der Waals surface area contributed by atoms with Crippen molar-refractivity contribution in [1.29, 1.82) is 0 Å². The van der Waals surface area contributed by atoms with Crippen LogP contribution in [-0.2, 0) is 6.54 Å². The number of carbonyl (C=O) groups is 1. The summed E-state index contributed by atoms with van der Waals surface area (Å²) in [5.41, 5.74) is 1.24. The van der Waals surface area contributed by atoms with Crippen LogP contribution in [0.15, 0.2) is 53.0 Å². The molecule has 104 valence electrons. The number of hydrogen-bond acceptors (Lipinski definition) is 2. The molecular formula is C16H15BrFNO. The highest BCUT2D eigenvalue weighted by Gasteiger charge is 2.13. The van der Waals surface area contributed by atoms with Gasteiger partial charge < -0.3 is 0 Å². The highest BCUT2D eigenvalue weighted by Crippen LogP contribution is 2.17. The van der Waals surface area contributed by atoms with E-state index in [1.165, 1.54) is 6.07 Å². The van der Waals surface area contributed by atoms with Crippen LogP contribution in [0.5, 0.6) is 0 Å². The number of hydrogen-bond donors (Lipinski definition) is 0. The van der Waals surface area contributed by atoms with Gasteiger partial charge in [0.2, 0.25) is 0 Å². The van der Waals surface area contributed by atoms with Crippen LogP contribution in [0.3, 0.4) is 0 Å². The number of rotatable bonds is 5. The van der Waals surface area contributed by atoms with Gasteiger partial charge in [0, 0.05) is 22.1 Å². The van der Waals surface area contributed by atoms with Crippen LogP contribution in [0, 0.1) is 5.82 Å². The van der Waals surface area contributed by atoms with E-state index < -0.39 is 0 Å². The van der Waals surface area contributed by atoms with Crippen LogP contribution in [-0.4, -0.2) is 24.3 Å². The minimum Gasteiger partial charge on any atom is -0.294 e. The molecule has 0 unspecified atom stereocenters. The van der Waals surface area contributed by atoms with E-state index in [9.17, 15) is 9.18 Å². The molecule has 2 rings (SSSR count). The lowest BCUT2D eigenvalue weighted by Crippen LogP contribution is -2.26. The fourth-order valence-corrected chi connectivity index (χ4v) is 2.50. The number of halogens is 2. The average Bonchev–Trinajstić information content (AvgIpc) is 2.41. The number of benzene rings is 2. The minimum absolute atomic E-state index is 0.0105. The van der Waals surface area contributed by atoms with Crippen LogP contribution in [0.4, 0.5) is 4.39 Å². The fourth-order valence-electron chi connectivity index (χ4n) is 1.99. The van der Waals surface area contributed by atoms with E-state index in [-0.39, 0.29) is 18.1 Å². The molecule has 0 saturated heterocycles. The lowest BCUT2D eigenvalue weighted by Gasteiger charge is -2.16. The van der Waals surface area contributed by atoms with Crippen molar-refractivity contribution in [3.63, 3.8) is 0 Å². The van der Waals surface area contributed by atoms with Crippen molar-refractivity contribution < 1.29 is 9.18 Å². The number of ketones is 1. The Hall–Kier alpha value is -1.52. The van der Waals surface area contributed by atoms with Crippen molar-refractivity contribution in [3.05, 3.63) is 69.9 Å². The number of likely N-dealkylation sites (N-methyl/N-ethyl adjacent to an activating group) is 1. The molecule has 0 aliphatic heterocycles. The third kappa shape index (κ3) is 3.74. The lowest BCUT2D eigenvalue weighted by molar-refractivity contribution is 0.0941. The molecule has 0 heterocycles. The molecule has 0 bridgehead atoms. The molecule has 0 aromatic heterocycles. The number of nitrogens with zero attached hydrogens (tertiary/aromatic N) is 1. The highest BCUT2D eigenvalue weighted by atomic mass is 79.9. The first-order valence-corrected chi connectivity index (χ1v) is 7.07. The van der Waals surface area contributed by atoms with Crippen molar-refractivity contribution in [3.8, 4) is 0 Å². The summed E-state index contributed by atoms with van der Waals surface area (Å²) in [5, 5.41) is 0. The van der Waals surface area contributed by atoms with E-state index in [0.29, 0.717) is 17.7 Å². The van der Waals surface area contributed by atoms with Gasteiger partial charge in [-0.25, -0.2) is 4.39 Å². The second-order valence-electron chi connectivity index (χ2n) is 4.67. The van der Waals surface area contributed by atoms with Crippen molar-refractivity contribution >= 4 is 21.7 Å². The summed E-state index contributed by atoms with van der Waals surface area (Å²) in [4.78, 5) is 14.0. The Balaban J connectivity index is 2.02. The summed E-state index contributed by atoms with van der Waals surface area (Å²) >= 11 is 3.37. The van der Waals surface area contributed by atoms with E-state index in [0.717, 1.165) is 4.47 Å². The first-order valence-electron chi connectivity index (χ1n) is 6.27. The van der Waals surface area contributed by atoms with Crippen molar-refractivity contribution in [2.45, 2.75) is 6.54 Å². The lowest BCUT2D eigenvalue weighted by atomic mass is 10.1. The monoisotopic (exact) mass is 335 g/mol. The number of carbonyl (C=O) groups excluding carboxylic acids is 1. The second-order valence-corrected chi connectivity index (χ2v) is 5.52. The van der Waals surface area contributed by atoms with E-state index in [1.807, 2.05) is 18.2 Å². The standard InChI is InChI=1S/C16H15BrFNO/c1-19(10-12-6-2-5-9-15(12)18)11-16(20)13-7-3-4-8-14(13)17/h2-9H,10-11H2,1H3. The van der Waals surface area contributed by atoms with Gasteiger partial charge in [-0.1, -0.05) is 52.3 Å². The van der Waals surface area contributed by atoms with Gasteiger partial charge in [-0.2, -0.15) is 0 Å². The molecule has 0 fully saturated rings. The molecule has 2 nitrogen and oxygen atoms in total. The Morgan fingerprint density at radius 1 is 1.15 bits per heavy atom. The van der Waals surface area contributed by atoms with E-state index in [1.54, 1.807) is 36.2 Å². The van der Waals surface area contributed by atoms with E-state index >= 15 is 0 Å². The van der Waals surface area contributed by atoms with E-state index in [2.05, 4.69) is 15.9 Å². The Kier molecular flexibility index (Phi) is 5.04. The predicted molar refractivity (Wildman–Crippen MR) is 81.2 cm³/mol. The summed E-state index contributed by atoms with van der Waals surface area (Å²) < 4.78 is 14.3. The SMILES string of the molecule is CN(CC(=O)c1ccccc1Br)Cc1ccccc1F. The second kappa shape index (κ2) is 6.77. The normalized spacial score (nSPS) is 10.8. The summed E-state index contributed by atoms with van der Waals surface area (Å²) in [6.45, 7) is 0.653. The Bertz CT molecular complexity index is 615. The zero-order valence-corrected chi connectivity index (χ0v) is 12.7. The van der Waals surface area contributed by atoms with Crippen molar-refractivity contribution in [1.82, 2.24) is 4.90 Å². The average molecular weight is 336 g/mol. The zero-order valence-electron chi connectivity index (χ0n) is 11.1. The van der Waals surface area contributed by atoms with Crippen LogP contribution in [0.1, 0.15) is 15.9 Å². The molecule has 2 aromatic rings. The molecule has 4 heteroatoms. The summed E-state index contributed by atoms with van der Waals surface area (Å²) in [7, 11) is 1.81. The van der Waals surface area contributed by atoms with Gasteiger partial charge in [0.15, 0.2) is 5.78 Å². The molecule has 2 aromatic carbocycles. The molecule has 0 saturated carbocycles. The maximum absolute atomic E-state index is 13.6. The third-order valence-corrected chi connectivity index (χ3v) is 3.68. The molecule has 0 spiro atoms. The van der Waals surface area contributed by atoms with Gasteiger partial charge in [0.25, 0.3) is 0 Å².